The number of halogens is 1. The van der Waals surface area contributed by atoms with Crippen molar-refractivity contribution in [3.63, 3.8) is 0 Å². The monoisotopic (exact) mass is 301 g/mol. The zero-order valence-electron chi connectivity index (χ0n) is 12.6. The lowest BCUT2D eigenvalue weighted by Crippen LogP contribution is -2.30. The number of carbonyl (C=O) groups is 1. The number of amides is 1. The first-order chi connectivity index (χ1) is 10.6. The second-order valence-electron chi connectivity index (χ2n) is 5.16. The Hall–Kier alpha value is -2.36. The topological polar surface area (TPSA) is 38.3 Å². The van der Waals surface area contributed by atoms with E-state index in [2.05, 4.69) is 36.5 Å². The van der Waals surface area contributed by atoms with Gasteiger partial charge < -0.3 is 10.1 Å². The van der Waals surface area contributed by atoms with Gasteiger partial charge in [0.05, 0.1) is 0 Å². The van der Waals surface area contributed by atoms with Crippen LogP contribution >= 0.6 is 0 Å². The van der Waals surface area contributed by atoms with E-state index in [0.717, 1.165) is 12.8 Å². The number of hydrogen-bond donors (Lipinski definition) is 1. The number of para-hydroxylation sites is 1. The van der Waals surface area contributed by atoms with E-state index in [1.807, 2.05) is 0 Å². The smallest absolute Gasteiger partial charge is 0.257 e. The molecule has 4 heteroatoms. The zero-order valence-corrected chi connectivity index (χ0v) is 12.6. The summed E-state index contributed by atoms with van der Waals surface area (Å²) in [5.74, 6) is -0.612. The summed E-state index contributed by atoms with van der Waals surface area (Å²) >= 11 is 0. The fraction of sp³-hybridized carbons (Fsp3) is 0.278. The normalized spacial score (nSPS) is 10.3. The summed E-state index contributed by atoms with van der Waals surface area (Å²) in [6.07, 6.45) is 1.77. The molecule has 2 aromatic carbocycles. The van der Waals surface area contributed by atoms with Crippen molar-refractivity contribution in [3.8, 4) is 5.75 Å². The molecule has 22 heavy (non-hydrogen) atoms. The Morgan fingerprint density at radius 1 is 1.14 bits per heavy atom. The third-order valence-corrected chi connectivity index (χ3v) is 3.28. The molecule has 2 aromatic rings. The van der Waals surface area contributed by atoms with Gasteiger partial charge in [-0.3, -0.25) is 4.79 Å². The highest BCUT2D eigenvalue weighted by Crippen LogP contribution is 2.14. The minimum absolute atomic E-state index is 0.0947. The van der Waals surface area contributed by atoms with E-state index in [4.69, 9.17) is 4.74 Å². The van der Waals surface area contributed by atoms with E-state index < -0.39 is 5.82 Å². The summed E-state index contributed by atoms with van der Waals surface area (Å²) in [5.41, 5.74) is 2.49. The summed E-state index contributed by atoms with van der Waals surface area (Å²) in [5, 5.41) is 2.77. The largest absolute Gasteiger partial charge is 0.481 e. The van der Waals surface area contributed by atoms with Gasteiger partial charge in [0.2, 0.25) is 0 Å². The maximum absolute atomic E-state index is 13.3. The molecule has 2 rings (SSSR count). The lowest BCUT2D eigenvalue weighted by Gasteiger charge is -2.08. The predicted molar refractivity (Wildman–Crippen MR) is 84.4 cm³/mol. The molecule has 0 atom stereocenters. The summed E-state index contributed by atoms with van der Waals surface area (Å²) in [4.78, 5) is 11.6. The molecular weight excluding hydrogens is 281 g/mol. The van der Waals surface area contributed by atoms with E-state index in [1.165, 1.54) is 23.3 Å². The van der Waals surface area contributed by atoms with Crippen molar-refractivity contribution < 1.29 is 13.9 Å². The standard InChI is InChI=1S/C18H20FNO2/c1-14-8-10-15(11-9-14)5-4-12-20-18(21)13-22-17-7-3-2-6-16(17)19/h2-3,6-11H,4-5,12-13H2,1H3,(H,20,21). The molecule has 1 N–H and O–H groups in total. The van der Waals surface area contributed by atoms with Crippen molar-refractivity contribution in [2.24, 2.45) is 0 Å². The molecule has 0 bridgehead atoms. The molecule has 0 radical (unpaired) electrons. The van der Waals surface area contributed by atoms with Crippen molar-refractivity contribution in [3.05, 3.63) is 65.5 Å². The lowest BCUT2D eigenvalue weighted by atomic mass is 10.1. The maximum atomic E-state index is 13.3. The molecule has 0 unspecified atom stereocenters. The van der Waals surface area contributed by atoms with Crippen LogP contribution in [0.2, 0.25) is 0 Å². The van der Waals surface area contributed by atoms with Gasteiger partial charge in [-0.1, -0.05) is 42.0 Å². The van der Waals surface area contributed by atoms with E-state index in [1.54, 1.807) is 12.1 Å². The third-order valence-electron chi connectivity index (χ3n) is 3.28. The minimum Gasteiger partial charge on any atom is -0.481 e. The summed E-state index contributed by atoms with van der Waals surface area (Å²) in [6.45, 7) is 2.46. The lowest BCUT2D eigenvalue weighted by molar-refractivity contribution is -0.123. The first kappa shape index (κ1) is 16.0. The summed E-state index contributed by atoms with van der Waals surface area (Å²) in [6, 6.07) is 14.4. The van der Waals surface area contributed by atoms with E-state index in [0.29, 0.717) is 6.54 Å². The van der Waals surface area contributed by atoms with Crippen LogP contribution in [-0.4, -0.2) is 19.1 Å². The molecule has 0 aliphatic heterocycles. The molecule has 1 amide bonds. The van der Waals surface area contributed by atoms with Crippen molar-refractivity contribution in [2.75, 3.05) is 13.2 Å². The van der Waals surface area contributed by atoms with Crippen molar-refractivity contribution in [1.29, 1.82) is 0 Å². The quantitative estimate of drug-likeness (QED) is 0.797. The molecule has 0 saturated carbocycles. The SMILES string of the molecule is Cc1ccc(CCCNC(=O)COc2ccccc2F)cc1. The first-order valence-electron chi connectivity index (χ1n) is 7.35. The van der Waals surface area contributed by atoms with Gasteiger partial charge in [0, 0.05) is 6.54 Å². The molecule has 0 aliphatic carbocycles. The summed E-state index contributed by atoms with van der Waals surface area (Å²) in [7, 11) is 0. The van der Waals surface area contributed by atoms with Gasteiger partial charge in [-0.05, 0) is 37.5 Å². The Labute approximate surface area is 130 Å². The van der Waals surface area contributed by atoms with Crippen LogP contribution in [0.15, 0.2) is 48.5 Å². The first-order valence-corrected chi connectivity index (χ1v) is 7.35. The Balaban J connectivity index is 1.64. The molecule has 3 nitrogen and oxygen atoms in total. The predicted octanol–water partition coefficient (Wildman–Crippen LogP) is 3.26. The molecule has 116 valence electrons. The van der Waals surface area contributed by atoms with Crippen LogP contribution in [0, 0.1) is 12.7 Å². The van der Waals surface area contributed by atoms with E-state index in [-0.39, 0.29) is 18.3 Å². The third kappa shape index (κ3) is 5.20. The Bertz CT molecular complexity index is 611. The van der Waals surface area contributed by atoms with Crippen LogP contribution in [0.1, 0.15) is 17.5 Å². The minimum atomic E-state index is -0.463. The number of carbonyl (C=O) groups excluding carboxylic acids is 1. The van der Waals surface area contributed by atoms with Gasteiger partial charge in [-0.2, -0.15) is 0 Å². The molecule has 0 fully saturated rings. The van der Waals surface area contributed by atoms with Crippen LogP contribution < -0.4 is 10.1 Å². The maximum Gasteiger partial charge on any atom is 0.257 e. The van der Waals surface area contributed by atoms with Crippen LogP contribution in [0.4, 0.5) is 4.39 Å². The molecule has 0 heterocycles. The van der Waals surface area contributed by atoms with Crippen molar-refractivity contribution in [1.82, 2.24) is 5.32 Å². The number of aryl methyl sites for hydroxylation is 2. The van der Waals surface area contributed by atoms with E-state index >= 15 is 0 Å². The van der Waals surface area contributed by atoms with Crippen LogP contribution in [0.3, 0.4) is 0 Å². The van der Waals surface area contributed by atoms with Crippen molar-refractivity contribution in [2.45, 2.75) is 19.8 Å². The number of nitrogens with one attached hydrogen (secondary N) is 1. The van der Waals surface area contributed by atoms with E-state index in [9.17, 15) is 9.18 Å². The second-order valence-corrected chi connectivity index (χ2v) is 5.16. The van der Waals surface area contributed by atoms with Crippen molar-refractivity contribution >= 4 is 5.91 Å². The van der Waals surface area contributed by atoms with Gasteiger partial charge >= 0.3 is 0 Å². The molecule has 0 aromatic heterocycles. The number of rotatable bonds is 7. The van der Waals surface area contributed by atoms with Gasteiger partial charge in [-0.25, -0.2) is 4.39 Å². The molecular formula is C18H20FNO2. The van der Waals surface area contributed by atoms with Crippen LogP contribution in [0.5, 0.6) is 5.75 Å². The summed E-state index contributed by atoms with van der Waals surface area (Å²) < 4.78 is 18.4. The number of hydrogen-bond acceptors (Lipinski definition) is 2. The Kier molecular flexibility index (Phi) is 5.95. The Morgan fingerprint density at radius 2 is 1.86 bits per heavy atom. The van der Waals surface area contributed by atoms with Gasteiger partial charge in [0.15, 0.2) is 18.2 Å². The number of ether oxygens (including phenoxy) is 1. The molecule has 0 saturated heterocycles. The van der Waals surface area contributed by atoms with Gasteiger partial charge in [0.25, 0.3) is 5.91 Å². The average molecular weight is 301 g/mol. The van der Waals surface area contributed by atoms with Gasteiger partial charge in [-0.15, -0.1) is 0 Å². The second kappa shape index (κ2) is 8.17. The fourth-order valence-corrected chi connectivity index (χ4v) is 2.03. The zero-order chi connectivity index (χ0) is 15.8. The van der Waals surface area contributed by atoms with Gasteiger partial charge in [0.1, 0.15) is 0 Å². The number of benzene rings is 2. The Morgan fingerprint density at radius 3 is 2.59 bits per heavy atom. The average Bonchev–Trinajstić information content (AvgIpc) is 2.52. The van der Waals surface area contributed by atoms with Crippen LogP contribution in [-0.2, 0) is 11.2 Å². The fourth-order valence-electron chi connectivity index (χ4n) is 2.03. The molecule has 0 spiro atoms. The molecule has 0 aliphatic rings. The highest BCUT2D eigenvalue weighted by atomic mass is 19.1. The highest BCUT2D eigenvalue weighted by Gasteiger charge is 2.05. The van der Waals surface area contributed by atoms with Crippen LogP contribution in [0.25, 0.3) is 0 Å². The highest BCUT2D eigenvalue weighted by molar-refractivity contribution is 5.77.